The van der Waals surface area contributed by atoms with Gasteiger partial charge in [-0.05, 0) is 46.3 Å². The van der Waals surface area contributed by atoms with E-state index >= 15 is 0 Å². The van der Waals surface area contributed by atoms with Crippen molar-refractivity contribution in [1.82, 2.24) is 9.97 Å². The van der Waals surface area contributed by atoms with Crippen LogP contribution in [0.25, 0.3) is 0 Å². The molecule has 1 aromatic carbocycles. The van der Waals surface area contributed by atoms with Crippen LogP contribution < -0.4 is 10.1 Å². The molecule has 0 spiro atoms. The smallest absolute Gasteiger partial charge is 0.258 e. The van der Waals surface area contributed by atoms with Crippen LogP contribution in [-0.4, -0.2) is 15.9 Å². The maximum absolute atomic E-state index is 12.1. The van der Waals surface area contributed by atoms with Crippen molar-refractivity contribution in [2.45, 2.75) is 0 Å². The highest BCUT2D eigenvalue weighted by molar-refractivity contribution is 9.10. The summed E-state index contributed by atoms with van der Waals surface area (Å²) in [6, 6.07) is 16.1. The number of carbonyl (C=O) groups is 1. The molecule has 23 heavy (non-hydrogen) atoms. The van der Waals surface area contributed by atoms with E-state index in [1.165, 1.54) is 6.20 Å². The third-order valence-electron chi connectivity index (χ3n) is 2.93. The first-order chi connectivity index (χ1) is 11.2. The molecule has 0 fully saturated rings. The molecule has 0 atom stereocenters. The number of para-hydroxylation sites is 1. The number of amides is 1. The fourth-order valence-electron chi connectivity index (χ4n) is 1.82. The van der Waals surface area contributed by atoms with E-state index in [-0.39, 0.29) is 5.91 Å². The van der Waals surface area contributed by atoms with Crippen molar-refractivity contribution in [2.24, 2.45) is 0 Å². The second kappa shape index (κ2) is 7.02. The Labute approximate surface area is 141 Å². The quantitative estimate of drug-likeness (QED) is 0.745. The first-order valence-corrected chi connectivity index (χ1v) is 7.62. The molecule has 0 aliphatic carbocycles. The van der Waals surface area contributed by atoms with E-state index in [9.17, 15) is 4.79 Å². The lowest BCUT2D eigenvalue weighted by atomic mass is 10.2. The molecule has 0 bridgehead atoms. The fourth-order valence-corrected chi connectivity index (χ4v) is 2.06. The van der Waals surface area contributed by atoms with Crippen LogP contribution in [0.5, 0.6) is 11.6 Å². The van der Waals surface area contributed by atoms with Crippen molar-refractivity contribution in [2.75, 3.05) is 5.32 Å². The molecule has 0 saturated carbocycles. The average Bonchev–Trinajstić information content (AvgIpc) is 2.58. The van der Waals surface area contributed by atoms with Crippen LogP contribution >= 0.6 is 15.9 Å². The van der Waals surface area contributed by atoms with Gasteiger partial charge in [0.05, 0.1) is 5.56 Å². The van der Waals surface area contributed by atoms with E-state index in [2.05, 4.69) is 31.2 Å². The summed E-state index contributed by atoms with van der Waals surface area (Å²) in [5, 5.41) is 2.70. The third kappa shape index (κ3) is 4.14. The normalized spacial score (nSPS) is 10.1. The maximum Gasteiger partial charge on any atom is 0.258 e. The second-order valence-electron chi connectivity index (χ2n) is 4.62. The second-order valence-corrected chi connectivity index (χ2v) is 5.53. The SMILES string of the molecule is O=C(Nc1ccc(Br)cn1)c1ccc(Oc2ccccc2)nc1. The largest absolute Gasteiger partial charge is 0.439 e. The first-order valence-electron chi connectivity index (χ1n) is 6.82. The van der Waals surface area contributed by atoms with Crippen LogP contribution in [0.1, 0.15) is 10.4 Å². The van der Waals surface area contributed by atoms with E-state index in [1.807, 2.05) is 30.3 Å². The molecule has 0 aliphatic heterocycles. The van der Waals surface area contributed by atoms with Gasteiger partial charge in [-0.25, -0.2) is 9.97 Å². The third-order valence-corrected chi connectivity index (χ3v) is 3.40. The van der Waals surface area contributed by atoms with E-state index in [0.717, 1.165) is 4.47 Å². The molecule has 0 aliphatic rings. The summed E-state index contributed by atoms with van der Waals surface area (Å²) >= 11 is 3.29. The van der Waals surface area contributed by atoms with Crippen LogP contribution in [0.4, 0.5) is 5.82 Å². The Balaban J connectivity index is 1.66. The van der Waals surface area contributed by atoms with Crippen molar-refractivity contribution in [3.05, 3.63) is 77.0 Å². The number of nitrogens with one attached hydrogen (secondary N) is 1. The Morgan fingerprint density at radius 2 is 1.78 bits per heavy atom. The Hall–Kier alpha value is -2.73. The van der Waals surface area contributed by atoms with Gasteiger partial charge < -0.3 is 10.1 Å². The number of hydrogen-bond acceptors (Lipinski definition) is 4. The molecule has 1 amide bonds. The number of anilines is 1. The number of rotatable bonds is 4. The Kier molecular flexibility index (Phi) is 4.63. The lowest BCUT2D eigenvalue weighted by molar-refractivity contribution is 0.102. The zero-order valence-corrected chi connectivity index (χ0v) is 13.5. The lowest BCUT2D eigenvalue weighted by Gasteiger charge is -2.06. The van der Waals surface area contributed by atoms with Crippen molar-refractivity contribution in [1.29, 1.82) is 0 Å². The predicted octanol–water partition coefficient (Wildman–Crippen LogP) is 4.28. The van der Waals surface area contributed by atoms with Gasteiger partial charge in [0.15, 0.2) is 0 Å². The van der Waals surface area contributed by atoms with Gasteiger partial charge in [0, 0.05) is 22.9 Å². The first kappa shape index (κ1) is 15.2. The Morgan fingerprint density at radius 1 is 0.957 bits per heavy atom. The summed E-state index contributed by atoms with van der Waals surface area (Å²) in [6.45, 7) is 0. The monoisotopic (exact) mass is 369 g/mol. The van der Waals surface area contributed by atoms with Gasteiger partial charge in [-0.1, -0.05) is 18.2 Å². The molecule has 0 radical (unpaired) electrons. The highest BCUT2D eigenvalue weighted by Crippen LogP contribution is 2.19. The standard InChI is InChI=1S/C17H12BrN3O2/c18-13-7-8-15(19-11-13)21-17(22)12-6-9-16(20-10-12)23-14-4-2-1-3-5-14/h1-11H,(H,19,21,22). The molecule has 114 valence electrons. The molecule has 0 saturated heterocycles. The number of nitrogens with zero attached hydrogens (tertiary/aromatic N) is 2. The van der Waals surface area contributed by atoms with Crippen LogP contribution in [0.3, 0.4) is 0 Å². The number of pyridine rings is 2. The van der Waals surface area contributed by atoms with Gasteiger partial charge in [-0.15, -0.1) is 0 Å². The van der Waals surface area contributed by atoms with Gasteiger partial charge in [-0.2, -0.15) is 0 Å². The maximum atomic E-state index is 12.1. The number of hydrogen-bond donors (Lipinski definition) is 1. The molecular formula is C17H12BrN3O2. The lowest BCUT2D eigenvalue weighted by Crippen LogP contribution is -2.13. The number of aromatic nitrogens is 2. The van der Waals surface area contributed by atoms with Gasteiger partial charge in [0.2, 0.25) is 5.88 Å². The minimum absolute atomic E-state index is 0.279. The summed E-state index contributed by atoms with van der Waals surface area (Å²) < 4.78 is 6.43. The van der Waals surface area contributed by atoms with Crippen molar-refractivity contribution >= 4 is 27.7 Å². The Morgan fingerprint density at radius 3 is 2.43 bits per heavy atom. The number of carbonyl (C=O) groups excluding carboxylic acids is 1. The predicted molar refractivity (Wildman–Crippen MR) is 90.6 cm³/mol. The summed E-state index contributed by atoms with van der Waals surface area (Å²) in [4.78, 5) is 20.4. The van der Waals surface area contributed by atoms with Crippen LogP contribution in [0, 0.1) is 0 Å². The molecule has 1 N–H and O–H groups in total. The van der Waals surface area contributed by atoms with Crippen molar-refractivity contribution in [3.8, 4) is 11.6 Å². The number of benzene rings is 1. The zero-order valence-electron chi connectivity index (χ0n) is 11.9. The molecule has 2 heterocycles. The summed E-state index contributed by atoms with van der Waals surface area (Å²) in [5.74, 6) is 1.31. The highest BCUT2D eigenvalue weighted by atomic mass is 79.9. The van der Waals surface area contributed by atoms with Crippen LogP contribution in [0.15, 0.2) is 71.5 Å². The summed E-state index contributed by atoms with van der Waals surface area (Å²) in [6.07, 6.45) is 3.08. The van der Waals surface area contributed by atoms with Gasteiger partial charge >= 0.3 is 0 Å². The van der Waals surface area contributed by atoms with E-state index < -0.39 is 0 Å². The van der Waals surface area contributed by atoms with Crippen LogP contribution in [0.2, 0.25) is 0 Å². The van der Waals surface area contributed by atoms with Crippen molar-refractivity contribution < 1.29 is 9.53 Å². The summed E-state index contributed by atoms with van der Waals surface area (Å²) in [5.41, 5.74) is 0.426. The van der Waals surface area contributed by atoms with Gasteiger partial charge in [0.25, 0.3) is 5.91 Å². The minimum Gasteiger partial charge on any atom is -0.439 e. The van der Waals surface area contributed by atoms with Crippen LogP contribution in [-0.2, 0) is 0 Å². The van der Waals surface area contributed by atoms with Gasteiger partial charge in [-0.3, -0.25) is 4.79 Å². The highest BCUT2D eigenvalue weighted by Gasteiger charge is 2.08. The van der Waals surface area contributed by atoms with E-state index in [4.69, 9.17) is 4.74 Å². The molecule has 3 rings (SSSR count). The van der Waals surface area contributed by atoms with Gasteiger partial charge in [0.1, 0.15) is 11.6 Å². The fraction of sp³-hybridized carbons (Fsp3) is 0. The molecule has 2 aromatic heterocycles. The minimum atomic E-state index is -0.279. The molecule has 5 nitrogen and oxygen atoms in total. The Bertz CT molecular complexity index is 790. The summed E-state index contributed by atoms with van der Waals surface area (Å²) in [7, 11) is 0. The topological polar surface area (TPSA) is 64.1 Å². The molecule has 0 unspecified atom stereocenters. The molecule has 6 heteroatoms. The number of ether oxygens (including phenoxy) is 1. The van der Waals surface area contributed by atoms with Crippen molar-refractivity contribution in [3.63, 3.8) is 0 Å². The number of halogens is 1. The average molecular weight is 370 g/mol. The molecule has 3 aromatic rings. The van der Waals surface area contributed by atoms with E-state index in [1.54, 1.807) is 30.5 Å². The zero-order chi connectivity index (χ0) is 16.1. The molecular weight excluding hydrogens is 358 g/mol. The van der Waals surface area contributed by atoms with E-state index in [0.29, 0.717) is 23.0 Å².